The van der Waals surface area contributed by atoms with Crippen LogP contribution in [0.1, 0.15) is 21.1 Å². The van der Waals surface area contributed by atoms with Crippen LogP contribution in [0.3, 0.4) is 0 Å². The summed E-state index contributed by atoms with van der Waals surface area (Å²) < 4.78 is 40.6. The topological polar surface area (TPSA) is 59.1 Å². The Kier molecular flexibility index (Phi) is 4.75. The fourth-order valence-corrected chi connectivity index (χ4v) is 4.40. The van der Waals surface area contributed by atoms with Gasteiger partial charge in [0, 0.05) is 11.4 Å². The summed E-state index contributed by atoms with van der Waals surface area (Å²) in [7, 11) is -3.84. The summed E-state index contributed by atoms with van der Waals surface area (Å²) in [4.78, 5) is 5.06. The minimum atomic E-state index is -3.84. The molecular weight excluding hydrogens is 311 g/mol. The number of hydrogen-bond acceptors (Lipinski definition) is 4. The van der Waals surface area contributed by atoms with E-state index in [4.69, 9.17) is 0 Å². The summed E-state index contributed by atoms with van der Waals surface area (Å²) in [5.41, 5.74) is 1.31. The lowest BCUT2D eigenvalue weighted by molar-refractivity contribution is 0.555. The Balaban J connectivity index is 2.10. The molecule has 1 N–H and O–H groups in total. The van der Waals surface area contributed by atoms with E-state index in [1.54, 1.807) is 24.3 Å². The highest BCUT2D eigenvalue weighted by molar-refractivity contribution is 7.89. The molecule has 1 heterocycles. The lowest BCUT2D eigenvalue weighted by Crippen LogP contribution is -2.27. The van der Waals surface area contributed by atoms with Crippen molar-refractivity contribution in [3.63, 3.8) is 0 Å². The van der Waals surface area contributed by atoms with Crippen molar-refractivity contribution < 1.29 is 12.8 Å². The van der Waals surface area contributed by atoms with E-state index in [1.807, 2.05) is 13.8 Å². The molecule has 0 aliphatic carbocycles. The highest BCUT2D eigenvalue weighted by atomic mass is 32.2. The van der Waals surface area contributed by atoms with Gasteiger partial charge in [0.05, 0.1) is 10.7 Å². The molecule has 0 fully saturated rings. The van der Waals surface area contributed by atoms with Gasteiger partial charge in [-0.05, 0) is 38.8 Å². The SMILES string of the molecule is Cc1nc(C)c(CCNS(=O)(=O)c2c(C)cccc2F)s1. The Morgan fingerprint density at radius 1 is 1.29 bits per heavy atom. The molecule has 0 saturated heterocycles. The Labute approximate surface area is 128 Å². The molecule has 0 unspecified atom stereocenters. The molecule has 4 nitrogen and oxygen atoms in total. The molecule has 0 bridgehead atoms. The first-order valence-corrected chi connectivity index (χ1v) is 8.79. The van der Waals surface area contributed by atoms with Gasteiger partial charge in [-0.2, -0.15) is 0 Å². The van der Waals surface area contributed by atoms with Crippen molar-refractivity contribution >= 4 is 21.4 Å². The molecule has 0 amide bonds. The maximum Gasteiger partial charge on any atom is 0.243 e. The summed E-state index contributed by atoms with van der Waals surface area (Å²) >= 11 is 1.55. The van der Waals surface area contributed by atoms with E-state index < -0.39 is 15.8 Å². The van der Waals surface area contributed by atoms with Gasteiger partial charge in [0.2, 0.25) is 10.0 Å². The molecule has 0 aliphatic heterocycles. The quantitative estimate of drug-likeness (QED) is 0.918. The van der Waals surface area contributed by atoms with Gasteiger partial charge < -0.3 is 0 Å². The van der Waals surface area contributed by atoms with Gasteiger partial charge in [-0.25, -0.2) is 22.5 Å². The van der Waals surface area contributed by atoms with Crippen LogP contribution in [0, 0.1) is 26.6 Å². The number of sulfonamides is 1. The van der Waals surface area contributed by atoms with Gasteiger partial charge >= 0.3 is 0 Å². The fourth-order valence-electron chi connectivity index (χ4n) is 2.13. The third kappa shape index (κ3) is 3.66. The van der Waals surface area contributed by atoms with Crippen LogP contribution in [0.25, 0.3) is 0 Å². The van der Waals surface area contributed by atoms with Gasteiger partial charge in [-0.15, -0.1) is 11.3 Å². The molecule has 0 atom stereocenters. The summed E-state index contributed by atoms with van der Waals surface area (Å²) in [6.45, 7) is 5.61. The second kappa shape index (κ2) is 6.21. The molecule has 1 aromatic carbocycles. The average Bonchev–Trinajstić information content (AvgIpc) is 2.67. The Hall–Kier alpha value is -1.31. The maximum absolute atomic E-state index is 13.7. The van der Waals surface area contributed by atoms with E-state index in [2.05, 4.69) is 9.71 Å². The normalized spacial score (nSPS) is 11.8. The molecular formula is C14H17FN2O2S2. The smallest absolute Gasteiger partial charge is 0.243 e. The zero-order valence-electron chi connectivity index (χ0n) is 12.1. The van der Waals surface area contributed by atoms with Crippen LogP contribution >= 0.6 is 11.3 Å². The first kappa shape index (κ1) is 16.1. The molecule has 2 rings (SSSR count). The van der Waals surface area contributed by atoms with Crippen LogP contribution in [-0.4, -0.2) is 19.9 Å². The standard InChI is InChI=1S/C14H17FN2O2S2/c1-9-5-4-6-12(15)14(9)21(18,19)16-8-7-13-10(2)17-11(3)20-13/h4-6,16H,7-8H2,1-3H3. The monoisotopic (exact) mass is 328 g/mol. The summed E-state index contributed by atoms with van der Waals surface area (Å²) in [6, 6.07) is 4.22. The third-order valence-corrected chi connectivity index (χ3v) is 5.85. The molecule has 0 saturated carbocycles. The van der Waals surface area contributed by atoms with Crippen molar-refractivity contribution in [2.24, 2.45) is 0 Å². The zero-order chi connectivity index (χ0) is 15.6. The van der Waals surface area contributed by atoms with Crippen molar-refractivity contribution in [2.75, 3.05) is 6.54 Å². The second-order valence-corrected chi connectivity index (χ2v) is 7.77. The Morgan fingerprint density at radius 2 is 2.00 bits per heavy atom. The average molecular weight is 328 g/mol. The summed E-state index contributed by atoms with van der Waals surface area (Å²) in [6.07, 6.45) is 0.546. The molecule has 1 aromatic heterocycles. The molecule has 0 radical (unpaired) electrons. The van der Waals surface area contributed by atoms with Crippen LogP contribution in [0.4, 0.5) is 4.39 Å². The van der Waals surface area contributed by atoms with E-state index in [0.717, 1.165) is 21.6 Å². The maximum atomic E-state index is 13.7. The molecule has 0 spiro atoms. The molecule has 21 heavy (non-hydrogen) atoms. The van der Waals surface area contributed by atoms with Crippen LogP contribution in [-0.2, 0) is 16.4 Å². The van der Waals surface area contributed by atoms with Crippen molar-refractivity contribution in [3.8, 4) is 0 Å². The number of hydrogen-bond donors (Lipinski definition) is 1. The number of nitrogens with zero attached hydrogens (tertiary/aromatic N) is 1. The Bertz CT molecular complexity index is 734. The van der Waals surface area contributed by atoms with E-state index in [9.17, 15) is 12.8 Å². The predicted molar refractivity (Wildman–Crippen MR) is 81.6 cm³/mol. The summed E-state index contributed by atoms with van der Waals surface area (Å²) in [5, 5.41) is 0.954. The van der Waals surface area contributed by atoms with Gasteiger partial charge in [0.25, 0.3) is 0 Å². The number of rotatable bonds is 5. The van der Waals surface area contributed by atoms with Gasteiger partial charge in [-0.1, -0.05) is 12.1 Å². The highest BCUT2D eigenvalue weighted by Crippen LogP contribution is 2.20. The lowest BCUT2D eigenvalue weighted by atomic mass is 10.2. The zero-order valence-corrected chi connectivity index (χ0v) is 13.7. The molecule has 2 aromatic rings. The fraction of sp³-hybridized carbons (Fsp3) is 0.357. The third-order valence-electron chi connectivity index (χ3n) is 3.08. The van der Waals surface area contributed by atoms with Crippen molar-refractivity contribution in [3.05, 3.63) is 45.2 Å². The minimum absolute atomic E-state index is 0.221. The molecule has 7 heteroatoms. The van der Waals surface area contributed by atoms with E-state index in [0.29, 0.717) is 12.0 Å². The predicted octanol–water partition coefficient (Wildman–Crippen LogP) is 2.73. The van der Waals surface area contributed by atoms with Crippen molar-refractivity contribution in [1.29, 1.82) is 0 Å². The van der Waals surface area contributed by atoms with Gasteiger partial charge in [0.1, 0.15) is 10.7 Å². The van der Waals surface area contributed by atoms with Gasteiger partial charge in [-0.3, -0.25) is 0 Å². The first-order valence-electron chi connectivity index (χ1n) is 6.49. The van der Waals surface area contributed by atoms with E-state index in [-0.39, 0.29) is 11.4 Å². The number of thiazole rings is 1. The van der Waals surface area contributed by atoms with Crippen LogP contribution in [0.15, 0.2) is 23.1 Å². The number of aryl methyl sites for hydroxylation is 3. The number of benzene rings is 1. The minimum Gasteiger partial charge on any atom is -0.247 e. The van der Waals surface area contributed by atoms with E-state index >= 15 is 0 Å². The van der Waals surface area contributed by atoms with E-state index in [1.165, 1.54) is 6.07 Å². The lowest BCUT2D eigenvalue weighted by Gasteiger charge is -2.09. The summed E-state index contributed by atoms with van der Waals surface area (Å²) in [5.74, 6) is -0.729. The molecule has 0 aliphatic rings. The largest absolute Gasteiger partial charge is 0.247 e. The number of nitrogens with one attached hydrogen (secondary N) is 1. The number of aromatic nitrogens is 1. The van der Waals surface area contributed by atoms with Crippen LogP contribution < -0.4 is 4.72 Å². The van der Waals surface area contributed by atoms with Gasteiger partial charge in [0.15, 0.2) is 0 Å². The highest BCUT2D eigenvalue weighted by Gasteiger charge is 2.21. The Morgan fingerprint density at radius 3 is 2.57 bits per heavy atom. The van der Waals surface area contributed by atoms with Crippen molar-refractivity contribution in [1.82, 2.24) is 9.71 Å². The van der Waals surface area contributed by atoms with Crippen LogP contribution in [0.5, 0.6) is 0 Å². The second-order valence-electron chi connectivity index (χ2n) is 4.78. The number of halogens is 1. The first-order chi connectivity index (χ1) is 9.81. The van der Waals surface area contributed by atoms with Crippen LogP contribution in [0.2, 0.25) is 0 Å². The molecule has 114 valence electrons. The van der Waals surface area contributed by atoms with Crippen molar-refractivity contribution in [2.45, 2.75) is 32.1 Å².